The van der Waals surface area contributed by atoms with Gasteiger partial charge in [-0.2, -0.15) is 0 Å². The van der Waals surface area contributed by atoms with Crippen molar-refractivity contribution in [1.29, 1.82) is 0 Å². The third-order valence-corrected chi connectivity index (χ3v) is 3.10. The number of benzene rings is 2. The van der Waals surface area contributed by atoms with E-state index in [1.54, 1.807) is 12.1 Å². The van der Waals surface area contributed by atoms with E-state index in [0.717, 1.165) is 28.9 Å². The number of phenolic OH excluding ortho intramolecular Hbond substituents is 1. The number of hydrogen-bond donors (Lipinski definition) is 2. The Morgan fingerprint density at radius 3 is 2.63 bits per heavy atom. The topological polar surface area (TPSA) is 41.5 Å². The molecule has 0 amide bonds. The van der Waals surface area contributed by atoms with E-state index in [2.05, 4.69) is 21.2 Å². The number of aromatic hydroxyl groups is 1. The van der Waals surface area contributed by atoms with E-state index in [1.807, 2.05) is 36.4 Å². The van der Waals surface area contributed by atoms with Crippen LogP contribution in [0.25, 0.3) is 0 Å². The first-order valence-electron chi connectivity index (χ1n) is 6.11. The summed E-state index contributed by atoms with van der Waals surface area (Å²) in [4.78, 5) is 0. The predicted octanol–water partition coefficient (Wildman–Crippen LogP) is 3.32. The molecule has 0 aliphatic heterocycles. The number of ether oxygens (including phenoxy) is 1. The third-order valence-electron chi connectivity index (χ3n) is 2.61. The largest absolute Gasteiger partial charge is 0.508 e. The first-order chi connectivity index (χ1) is 9.24. The van der Waals surface area contributed by atoms with Crippen molar-refractivity contribution in [1.82, 2.24) is 5.32 Å². The van der Waals surface area contributed by atoms with Crippen LogP contribution in [0.15, 0.2) is 53.0 Å². The fourth-order valence-electron chi connectivity index (χ4n) is 1.64. The maximum absolute atomic E-state index is 9.17. The van der Waals surface area contributed by atoms with Crippen LogP contribution in [0.2, 0.25) is 0 Å². The summed E-state index contributed by atoms with van der Waals surface area (Å²) in [5.41, 5.74) is 1.14. The van der Waals surface area contributed by atoms with E-state index < -0.39 is 0 Å². The highest BCUT2D eigenvalue weighted by molar-refractivity contribution is 9.10. The van der Waals surface area contributed by atoms with E-state index in [4.69, 9.17) is 4.74 Å². The van der Waals surface area contributed by atoms with E-state index in [9.17, 15) is 5.11 Å². The maximum Gasteiger partial charge on any atom is 0.120 e. The van der Waals surface area contributed by atoms with Gasteiger partial charge in [0, 0.05) is 17.6 Å². The average Bonchev–Trinajstić information content (AvgIpc) is 2.41. The third kappa shape index (κ3) is 4.93. The van der Waals surface area contributed by atoms with Crippen molar-refractivity contribution in [2.24, 2.45) is 0 Å². The zero-order valence-electron chi connectivity index (χ0n) is 10.5. The van der Waals surface area contributed by atoms with Crippen LogP contribution in [0.4, 0.5) is 0 Å². The Morgan fingerprint density at radius 1 is 1.11 bits per heavy atom. The van der Waals surface area contributed by atoms with Crippen LogP contribution in [0.3, 0.4) is 0 Å². The Labute approximate surface area is 121 Å². The molecule has 0 unspecified atom stereocenters. The molecule has 0 heterocycles. The molecule has 2 rings (SSSR count). The Balaban J connectivity index is 1.66. The summed E-state index contributed by atoms with van der Waals surface area (Å²) in [7, 11) is 0. The fourth-order valence-corrected chi connectivity index (χ4v) is 2.02. The minimum absolute atomic E-state index is 0.293. The van der Waals surface area contributed by atoms with Crippen molar-refractivity contribution >= 4 is 15.9 Å². The van der Waals surface area contributed by atoms with Gasteiger partial charge in [0.2, 0.25) is 0 Å². The molecule has 3 nitrogen and oxygen atoms in total. The molecule has 0 saturated carbocycles. The first kappa shape index (κ1) is 13.9. The van der Waals surface area contributed by atoms with Crippen molar-refractivity contribution in [3.63, 3.8) is 0 Å². The quantitative estimate of drug-likeness (QED) is 0.802. The first-order valence-corrected chi connectivity index (χ1v) is 6.90. The molecular weight excluding hydrogens is 306 g/mol. The van der Waals surface area contributed by atoms with E-state index in [1.165, 1.54) is 0 Å². The van der Waals surface area contributed by atoms with Crippen molar-refractivity contribution in [3.05, 3.63) is 58.6 Å². The Kier molecular flexibility index (Phi) is 5.24. The van der Waals surface area contributed by atoms with Gasteiger partial charge in [0.05, 0.1) is 0 Å². The van der Waals surface area contributed by atoms with Crippen LogP contribution in [-0.4, -0.2) is 18.3 Å². The molecule has 0 aliphatic rings. The number of phenols is 1. The van der Waals surface area contributed by atoms with Crippen LogP contribution in [0.5, 0.6) is 11.5 Å². The van der Waals surface area contributed by atoms with Crippen molar-refractivity contribution < 1.29 is 9.84 Å². The summed E-state index contributed by atoms with van der Waals surface area (Å²) in [5, 5.41) is 12.5. The molecule has 0 aromatic heterocycles. The lowest BCUT2D eigenvalue weighted by molar-refractivity contribution is 0.313. The molecule has 0 aliphatic carbocycles. The number of nitrogens with one attached hydrogen (secondary N) is 1. The van der Waals surface area contributed by atoms with Gasteiger partial charge >= 0.3 is 0 Å². The van der Waals surface area contributed by atoms with E-state index >= 15 is 0 Å². The second kappa shape index (κ2) is 7.16. The second-order valence-corrected chi connectivity index (χ2v) is 5.06. The Bertz CT molecular complexity index is 514. The lowest BCUT2D eigenvalue weighted by Crippen LogP contribution is -2.20. The minimum Gasteiger partial charge on any atom is -0.508 e. The molecule has 19 heavy (non-hydrogen) atoms. The minimum atomic E-state index is 0.293. The Morgan fingerprint density at radius 2 is 1.89 bits per heavy atom. The van der Waals surface area contributed by atoms with Crippen LogP contribution >= 0.6 is 15.9 Å². The van der Waals surface area contributed by atoms with Crippen molar-refractivity contribution in [2.75, 3.05) is 13.2 Å². The molecule has 4 heteroatoms. The van der Waals surface area contributed by atoms with Crippen LogP contribution in [-0.2, 0) is 6.54 Å². The number of halogens is 1. The molecule has 0 spiro atoms. The molecule has 0 fully saturated rings. The van der Waals surface area contributed by atoms with Crippen LogP contribution in [0.1, 0.15) is 5.56 Å². The summed E-state index contributed by atoms with van der Waals surface area (Å²) in [6, 6.07) is 15.0. The highest BCUT2D eigenvalue weighted by atomic mass is 79.9. The lowest BCUT2D eigenvalue weighted by Gasteiger charge is -2.08. The smallest absolute Gasteiger partial charge is 0.120 e. The molecule has 2 aromatic carbocycles. The van der Waals surface area contributed by atoms with Crippen molar-refractivity contribution in [3.8, 4) is 11.5 Å². The van der Waals surface area contributed by atoms with Gasteiger partial charge in [-0.1, -0.05) is 34.1 Å². The van der Waals surface area contributed by atoms with Gasteiger partial charge in [-0.25, -0.2) is 0 Å². The van der Waals surface area contributed by atoms with Gasteiger partial charge in [0.15, 0.2) is 0 Å². The van der Waals surface area contributed by atoms with Crippen LogP contribution in [0, 0.1) is 0 Å². The Hall–Kier alpha value is -1.52. The van der Waals surface area contributed by atoms with Gasteiger partial charge in [-0.15, -0.1) is 0 Å². The molecule has 2 aromatic rings. The predicted molar refractivity (Wildman–Crippen MR) is 79.5 cm³/mol. The zero-order valence-corrected chi connectivity index (χ0v) is 12.1. The second-order valence-electron chi connectivity index (χ2n) is 4.15. The standard InChI is InChI=1S/C15H16BrNO2/c16-13-2-1-3-15(10-13)19-9-8-17-11-12-4-6-14(18)7-5-12/h1-7,10,17-18H,8-9,11H2. The monoisotopic (exact) mass is 321 g/mol. The molecular formula is C15H16BrNO2. The normalized spacial score (nSPS) is 10.4. The lowest BCUT2D eigenvalue weighted by atomic mass is 10.2. The molecule has 0 radical (unpaired) electrons. The van der Waals surface area contributed by atoms with Crippen molar-refractivity contribution in [2.45, 2.75) is 6.54 Å². The fraction of sp³-hybridized carbons (Fsp3) is 0.200. The van der Waals surface area contributed by atoms with Gasteiger partial charge in [-0.05, 0) is 35.9 Å². The van der Waals surface area contributed by atoms with Gasteiger partial charge in [-0.3, -0.25) is 0 Å². The van der Waals surface area contributed by atoms with Gasteiger partial charge in [0.25, 0.3) is 0 Å². The summed E-state index contributed by atoms with van der Waals surface area (Å²) < 4.78 is 6.63. The zero-order chi connectivity index (χ0) is 13.5. The number of rotatable bonds is 6. The molecule has 0 saturated heterocycles. The molecule has 2 N–H and O–H groups in total. The van der Waals surface area contributed by atoms with E-state index in [-0.39, 0.29) is 0 Å². The summed E-state index contributed by atoms with van der Waals surface area (Å²) in [6.07, 6.45) is 0. The highest BCUT2D eigenvalue weighted by Crippen LogP contribution is 2.17. The number of hydrogen-bond acceptors (Lipinski definition) is 3. The molecule has 0 atom stereocenters. The average molecular weight is 322 g/mol. The molecule has 0 bridgehead atoms. The van der Waals surface area contributed by atoms with Gasteiger partial charge in [0.1, 0.15) is 18.1 Å². The van der Waals surface area contributed by atoms with E-state index in [0.29, 0.717) is 12.4 Å². The highest BCUT2D eigenvalue weighted by Gasteiger charge is 1.96. The summed E-state index contributed by atoms with van der Waals surface area (Å²) >= 11 is 3.41. The molecule has 100 valence electrons. The summed E-state index contributed by atoms with van der Waals surface area (Å²) in [5.74, 6) is 1.16. The van der Waals surface area contributed by atoms with Gasteiger partial charge < -0.3 is 15.2 Å². The summed E-state index contributed by atoms with van der Waals surface area (Å²) in [6.45, 7) is 2.16. The maximum atomic E-state index is 9.17. The SMILES string of the molecule is Oc1ccc(CNCCOc2cccc(Br)c2)cc1. The van der Waals surface area contributed by atoms with Crippen LogP contribution < -0.4 is 10.1 Å².